The summed E-state index contributed by atoms with van der Waals surface area (Å²) >= 11 is 0. The Morgan fingerprint density at radius 1 is 1.33 bits per heavy atom. The first-order valence-electron chi connectivity index (χ1n) is 8.04. The van der Waals surface area contributed by atoms with Gasteiger partial charge in [-0.05, 0) is 33.4 Å². The molecule has 0 saturated carbocycles. The summed E-state index contributed by atoms with van der Waals surface area (Å²) < 4.78 is 3.65. The Balaban J connectivity index is 1.60. The minimum Gasteiger partial charge on any atom is -0.309 e. The highest BCUT2D eigenvalue weighted by Crippen LogP contribution is 2.06. The van der Waals surface area contributed by atoms with Gasteiger partial charge in [-0.1, -0.05) is 0 Å². The average molecular weight is 329 g/mol. The Kier molecular flexibility index (Phi) is 4.48. The third-order valence-electron chi connectivity index (χ3n) is 4.08. The van der Waals surface area contributed by atoms with Gasteiger partial charge in [-0.2, -0.15) is 10.2 Å². The number of nitrogens with zero attached hydrogens (tertiary/aromatic N) is 6. The lowest BCUT2D eigenvalue weighted by Crippen LogP contribution is -2.24. The highest BCUT2D eigenvalue weighted by Gasteiger charge is 2.10. The van der Waals surface area contributed by atoms with Crippen LogP contribution < -0.4 is 5.56 Å². The van der Waals surface area contributed by atoms with E-state index in [1.165, 1.54) is 5.69 Å². The van der Waals surface area contributed by atoms with Crippen molar-refractivity contribution >= 4 is 11.0 Å². The van der Waals surface area contributed by atoms with E-state index in [0.29, 0.717) is 23.4 Å². The number of aromatic amines is 1. The highest BCUT2D eigenvalue weighted by molar-refractivity contribution is 5.72. The molecule has 3 aromatic heterocycles. The topological polar surface area (TPSA) is 84.6 Å². The fourth-order valence-corrected chi connectivity index (χ4v) is 2.88. The Bertz CT molecular complexity index is 905. The number of aryl methyl sites for hydroxylation is 4. The fraction of sp³-hybridized carbons (Fsp3) is 0.500. The molecule has 3 heterocycles. The van der Waals surface area contributed by atoms with E-state index in [0.717, 1.165) is 25.2 Å². The van der Waals surface area contributed by atoms with Crippen molar-refractivity contribution in [2.24, 2.45) is 7.05 Å². The first kappa shape index (κ1) is 16.4. The molecular weight excluding hydrogens is 306 g/mol. The summed E-state index contributed by atoms with van der Waals surface area (Å²) in [7, 11) is 3.81. The Hall–Kier alpha value is -2.48. The molecule has 0 aromatic carbocycles. The molecule has 3 rings (SSSR count). The van der Waals surface area contributed by atoms with Crippen LogP contribution in [0.15, 0.2) is 17.1 Å². The molecular formula is C16H23N7O. The Morgan fingerprint density at radius 3 is 2.83 bits per heavy atom. The standard InChI is InChI=1S/C16H23N7O/c1-11-8-12(2)23(20-11)7-5-6-21(3)10-14-18-15-13(16(24)19-14)9-17-22(15)4/h8-9H,5-7,10H2,1-4H3,(H,18,19,24). The molecule has 128 valence electrons. The second-order valence-corrected chi connectivity index (χ2v) is 6.26. The Labute approximate surface area is 140 Å². The van der Waals surface area contributed by atoms with E-state index < -0.39 is 0 Å². The summed E-state index contributed by atoms with van der Waals surface area (Å²) in [5.41, 5.74) is 2.71. The van der Waals surface area contributed by atoms with Crippen LogP contribution in [0.25, 0.3) is 11.0 Å². The van der Waals surface area contributed by atoms with E-state index in [1.807, 2.05) is 18.7 Å². The summed E-state index contributed by atoms with van der Waals surface area (Å²) in [6.45, 7) is 6.45. The lowest BCUT2D eigenvalue weighted by molar-refractivity contribution is 0.303. The molecule has 0 atom stereocenters. The molecule has 0 saturated heterocycles. The number of H-pyrrole nitrogens is 1. The van der Waals surface area contributed by atoms with Crippen molar-refractivity contribution in [1.29, 1.82) is 0 Å². The highest BCUT2D eigenvalue weighted by atomic mass is 16.1. The third-order valence-corrected chi connectivity index (χ3v) is 4.08. The number of hydrogen-bond acceptors (Lipinski definition) is 5. The van der Waals surface area contributed by atoms with Crippen LogP contribution >= 0.6 is 0 Å². The fourth-order valence-electron chi connectivity index (χ4n) is 2.88. The lowest BCUT2D eigenvalue weighted by atomic mass is 10.3. The normalized spacial score (nSPS) is 11.7. The van der Waals surface area contributed by atoms with Crippen molar-refractivity contribution in [1.82, 2.24) is 34.4 Å². The third kappa shape index (κ3) is 3.38. The zero-order valence-corrected chi connectivity index (χ0v) is 14.6. The molecule has 8 heteroatoms. The van der Waals surface area contributed by atoms with Gasteiger partial charge in [0, 0.05) is 25.8 Å². The summed E-state index contributed by atoms with van der Waals surface area (Å²) in [6, 6.07) is 2.08. The first-order valence-corrected chi connectivity index (χ1v) is 8.04. The van der Waals surface area contributed by atoms with Crippen molar-refractivity contribution in [2.75, 3.05) is 13.6 Å². The van der Waals surface area contributed by atoms with Crippen molar-refractivity contribution in [3.05, 3.63) is 39.8 Å². The molecule has 8 nitrogen and oxygen atoms in total. The maximum absolute atomic E-state index is 12.1. The minimum atomic E-state index is -0.140. The molecule has 24 heavy (non-hydrogen) atoms. The number of aromatic nitrogens is 6. The quantitative estimate of drug-likeness (QED) is 0.729. The largest absolute Gasteiger partial charge is 0.309 e. The number of nitrogens with one attached hydrogen (secondary N) is 1. The number of rotatable bonds is 6. The van der Waals surface area contributed by atoms with Crippen LogP contribution in [0.2, 0.25) is 0 Å². The van der Waals surface area contributed by atoms with E-state index in [1.54, 1.807) is 17.9 Å². The first-order chi connectivity index (χ1) is 11.4. The van der Waals surface area contributed by atoms with Crippen molar-refractivity contribution in [2.45, 2.75) is 33.4 Å². The van der Waals surface area contributed by atoms with Crippen LogP contribution in [0.5, 0.6) is 0 Å². The number of hydrogen-bond donors (Lipinski definition) is 1. The second kappa shape index (κ2) is 6.56. The van der Waals surface area contributed by atoms with Crippen LogP contribution in [0.4, 0.5) is 0 Å². The van der Waals surface area contributed by atoms with Gasteiger partial charge in [0.1, 0.15) is 11.2 Å². The van der Waals surface area contributed by atoms with E-state index >= 15 is 0 Å². The van der Waals surface area contributed by atoms with Crippen molar-refractivity contribution in [3.63, 3.8) is 0 Å². The van der Waals surface area contributed by atoms with Crippen molar-refractivity contribution in [3.8, 4) is 0 Å². The summed E-state index contributed by atoms with van der Waals surface area (Å²) in [5.74, 6) is 0.657. The monoisotopic (exact) mass is 329 g/mol. The van der Waals surface area contributed by atoms with Gasteiger partial charge in [0.15, 0.2) is 5.65 Å². The van der Waals surface area contributed by atoms with Crippen LogP contribution in [-0.2, 0) is 20.1 Å². The predicted molar refractivity (Wildman–Crippen MR) is 91.8 cm³/mol. The van der Waals surface area contributed by atoms with Gasteiger partial charge in [0.2, 0.25) is 0 Å². The zero-order chi connectivity index (χ0) is 17.3. The van der Waals surface area contributed by atoms with Gasteiger partial charge >= 0.3 is 0 Å². The molecule has 0 aliphatic rings. The van der Waals surface area contributed by atoms with E-state index in [2.05, 4.69) is 38.1 Å². The predicted octanol–water partition coefficient (Wildman–Crippen LogP) is 0.992. The van der Waals surface area contributed by atoms with Gasteiger partial charge < -0.3 is 4.98 Å². The molecule has 0 spiro atoms. The summed E-state index contributed by atoms with van der Waals surface area (Å²) in [5, 5.41) is 9.07. The molecule has 0 radical (unpaired) electrons. The lowest BCUT2D eigenvalue weighted by Gasteiger charge is -2.16. The van der Waals surface area contributed by atoms with Crippen molar-refractivity contribution < 1.29 is 0 Å². The molecule has 0 amide bonds. The Morgan fingerprint density at radius 2 is 2.12 bits per heavy atom. The summed E-state index contributed by atoms with van der Waals surface area (Å²) in [6.07, 6.45) is 2.53. The molecule has 0 unspecified atom stereocenters. The van der Waals surface area contributed by atoms with Gasteiger partial charge in [-0.25, -0.2) is 4.98 Å². The SMILES string of the molecule is Cc1cc(C)n(CCCN(C)Cc2nc3c(cnn3C)c(=O)[nH]2)n1. The van der Waals surface area contributed by atoms with E-state index in [4.69, 9.17) is 0 Å². The van der Waals surface area contributed by atoms with Crippen LogP contribution in [0, 0.1) is 13.8 Å². The smallest absolute Gasteiger partial charge is 0.262 e. The maximum atomic E-state index is 12.1. The van der Waals surface area contributed by atoms with Crippen LogP contribution in [0.1, 0.15) is 23.6 Å². The van der Waals surface area contributed by atoms with E-state index in [9.17, 15) is 4.79 Å². The van der Waals surface area contributed by atoms with Crippen LogP contribution in [-0.4, -0.2) is 48.0 Å². The zero-order valence-electron chi connectivity index (χ0n) is 14.6. The van der Waals surface area contributed by atoms with Gasteiger partial charge in [0.25, 0.3) is 5.56 Å². The van der Waals surface area contributed by atoms with Crippen LogP contribution in [0.3, 0.4) is 0 Å². The van der Waals surface area contributed by atoms with Gasteiger partial charge in [0.05, 0.1) is 18.4 Å². The minimum absolute atomic E-state index is 0.140. The maximum Gasteiger partial charge on any atom is 0.262 e. The summed E-state index contributed by atoms with van der Waals surface area (Å²) in [4.78, 5) is 21.5. The van der Waals surface area contributed by atoms with Gasteiger partial charge in [-0.15, -0.1) is 0 Å². The van der Waals surface area contributed by atoms with E-state index in [-0.39, 0.29) is 5.56 Å². The molecule has 1 N–H and O–H groups in total. The molecule has 3 aromatic rings. The molecule has 0 aliphatic carbocycles. The molecule has 0 bridgehead atoms. The molecule has 0 fully saturated rings. The molecule has 0 aliphatic heterocycles. The second-order valence-electron chi connectivity index (χ2n) is 6.26. The van der Waals surface area contributed by atoms with Gasteiger partial charge in [-0.3, -0.25) is 19.1 Å². The average Bonchev–Trinajstić information content (AvgIpc) is 3.02. The number of fused-ring (bicyclic) bond motifs is 1.